The van der Waals surface area contributed by atoms with Gasteiger partial charge in [-0.2, -0.15) is 0 Å². The molecule has 1 rings (SSSR count). The summed E-state index contributed by atoms with van der Waals surface area (Å²) in [5.74, 6) is -0.537. The van der Waals surface area contributed by atoms with Crippen molar-refractivity contribution in [3.63, 3.8) is 0 Å². The molecule has 0 aliphatic carbocycles. The first kappa shape index (κ1) is 11.3. The van der Waals surface area contributed by atoms with Crippen LogP contribution in [0.1, 0.15) is 0 Å². The number of nitrogen functional groups attached to an aromatic ring is 1. The van der Waals surface area contributed by atoms with E-state index < -0.39 is 12.1 Å². The zero-order chi connectivity index (χ0) is 10.9. The maximum Gasteiger partial charge on any atom is 0.573 e. The third kappa shape index (κ3) is 2.88. The van der Waals surface area contributed by atoms with E-state index in [1.54, 1.807) is 0 Å². The number of ether oxygens (including phenoxy) is 1. The van der Waals surface area contributed by atoms with Gasteiger partial charge in [-0.3, -0.25) is 0 Å². The Kier molecular flexibility index (Phi) is 3.06. The summed E-state index contributed by atoms with van der Waals surface area (Å²) in [5.41, 5.74) is 5.06. The molecule has 2 N–H and O–H groups in total. The lowest BCUT2D eigenvalue weighted by atomic mass is 10.3. The average molecular weight is 244 g/mol. The van der Waals surface area contributed by atoms with Crippen molar-refractivity contribution in [2.24, 2.45) is 0 Å². The van der Waals surface area contributed by atoms with Crippen molar-refractivity contribution in [2.45, 2.75) is 11.3 Å². The monoisotopic (exact) mass is 243 g/mol. The second-order valence-corrected chi connectivity index (χ2v) is 3.31. The number of anilines is 1. The molecule has 0 bridgehead atoms. The third-order valence-electron chi connectivity index (χ3n) is 1.28. The Bertz CT molecular complexity index is 332. The third-order valence-corrected chi connectivity index (χ3v) is 1.83. The fourth-order valence-corrected chi connectivity index (χ4v) is 1.44. The summed E-state index contributed by atoms with van der Waals surface area (Å²) >= 11 is 9.29. The number of nitrogens with two attached hydrogens (primary N) is 1. The van der Waals surface area contributed by atoms with E-state index in [1.165, 1.54) is 6.07 Å². The summed E-state index contributed by atoms with van der Waals surface area (Å²) in [5, 5.41) is 0.196. The topological polar surface area (TPSA) is 35.2 Å². The van der Waals surface area contributed by atoms with Crippen LogP contribution in [0, 0.1) is 0 Å². The van der Waals surface area contributed by atoms with E-state index in [0.717, 1.165) is 6.07 Å². The summed E-state index contributed by atoms with van der Waals surface area (Å²) in [6, 6.07) is 2.37. The van der Waals surface area contributed by atoms with E-state index >= 15 is 0 Å². The van der Waals surface area contributed by atoms with Crippen molar-refractivity contribution in [1.29, 1.82) is 0 Å². The molecule has 0 unspecified atom stereocenters. The highest BCUT2D eigenvalue weighted by Gasteiger charge is 2.32. The van der Waals surface area contributed by atoms with Gasteiger partial charge in [0.2, 0.25) is 0 Å². The van der Waals surface area contributed by atoms with Gasteiger partial charge in [0, 0.05) is 5.02 Å². The Labute approximate surface area is 88.2 Å². The number of benzene rings is 1. The molecule has 1 aromatic carbocycles. The van der Waals surface area contributed by atoms with Gasteiger partial charge < -0.3 is 10.5 Å². The molecule has 0 amide bonds. The van der Waals surface area contributed by atoms with E-state index in [0.29, 0.717) is 0 Å². The molecule has 0 spiro atoms. The van der Waals surface area contributed by atoms with Crippen molar-refractivity contribution >= 4 is 29.9 Å². The molecule has 0 aromatic heterocycles. The highest BCUT2D eigenvalue weighted by atomic mass is 35.5. The van der Waals surface area contributed by atoms with E-state index in [9.17, 15) is 13.2 Å². The van der Waals surface area contributed by atoms with Crippen LogP contribution in [-0.2, 0) is 0 Å². The van der Waals surface area contributed by atoms with Gasteiger partial charge in [-0.05, 0) is 12.1 Å². The molecule has 0 saturated carbocycles. The quantitative estimate of drug-likeness (QED) is 0.587. The number of alkyl halides is 3. The highest BCUT2D eigenvalue weighted by molar-refractivity contribution is 7.80. The molecule has 0 fully saturated rings. The Balaban J connectivity index is 3.09. The molecule has 78 valence electrons. The van der Waals surface area contributed by atoms with Crippen LogP contribution < -0.4 is 10.5 Å². The lowest BCUT2D eigenvalue weighted by Gasteiger charge is -2.13. The zero-order valence-electron chi connectivity index (χ0n) is 6.60. The number of rotatable bonds is 1. The molecule has 0 aliphatic rings. The van der Waals surface area contributed by atoms with Crippen molar-refractivity contribution in [2.75, 3.05) is 5.73 Å². The van der Waals surface area contributed by atoms with Crippen LogP contribution in [0.2, 0.25) is 5.02 Å². The lowest BCUT2D eigenvalue weighted by molar-refractivity contribution is -0.275. The number of halogens is 4. The summed E-state index contributed by atoms with van der Waals surface area (Å²) in [6.45, 7) is 0. The average Bonchev–Trinajstić information content (AvgIpc) is 1.95. The summed E-state index contributed by atoms with van der Waals surface area (Å²) < 4.78 is 39.2. The highest BCUT2D eigenvalue weighted by Crippen LogP contribution is 2.36. The van der Waals surface area contributed by atoms with Crippen LogP contribution in [0.4, 0.5) is 18.9 Å². The fourth-order valence-electron chi connectivity index (χ4n) is 0.827. The summed E-state index contributed by atoms with van der Waals surface area (Å²) in [4.78, 5) is -0.0627. The maximum absolute atomic E-state index is 11.9. The standard InChI is InChI=1S/C7H5ClF3NOS/c8-3-1-4(12)6(5(14)2-3)13-7(9,10)11/h1-2,14H,12H2. The minimum Gasteiger partial charge on any atom is -0.402 e. The number of thiol groups is 1. The molecule has 0 aliphatic heterocycles. The Morgan fingerprint density at radius 3 is 2.36 bits per heavy atom. The minimum atomic E-state index is -4.79. The van der Waals surface area contributed by atoms with Crippen LogP contribution in [0.25, 0.3) is 0 Å². The van der Waals surface area contributed by atoms with E-state index in [2.05, 4.69) is 17.4 Å². The van der Waals surface area contributed by atoms with Gasteiger partial charge in [-0.1, -0.05) is 11.6 Å². The lowest BCUT2D eigenvalue weighted by Crippen LogP contribution is -2.18. The van der Waals surface area contributed by atoms with Crippen LogP contribution in [-0.4, -0.2) is 6.36 Å². The number of hydrogen-bond acceptors (Lipinski definition) is 3. The Morgan fingerprint density at radius 2 is 1.93 bits per heavy atom. The first-order valence-electron chi connectivity index (χ1n) is 3.33. The van der Waals surface area contributed by atoms with Gasteiger partial charge in [0.15, 0.2) is 5.75 Å². The first-order chi connectivity index (χ1) is 6.29. The Morgan fingerprint density at radius 1 is 1.36 bits per heavy atom. The van der Waals surface area contributed by atoms with Gasteiger partial charge in [-0.25, -0.2) is 0 Å². The molecule has 14 heavy (non-hydrogen) atoms. The molecule has 1 aromatic rings. The molecule has 0 saturated heterocycles. The van der Waals surface area contributed by atoms with Gasteiger partial charge in [-0.15, -0.1) is 25.8 Å². The van der Waals surface area contributed by atoms with Crippen LogP contribution in [0.3, 0.4) is 0 Å². The van der Waals surface area contributed by atoms with Crippen molar-refractivity contribution in [1.82, 2.24) is 0 Å². The van der Waals surface area contributed by atoms with Crippen molar-refractivity contribution < 1.29 is 17.9 Å². The van der Waals surface area contributed by atoms with Crippen molar-refractivity contribution in [3.05, 3.63) is 17.2 Å². The zero-order valence-corrected chi connectivity index (χ0v) is 8.25. The molecular formula is C7H5ClF3NOS. The largest absolute Gasteiger partial charge is 0.573 e. The molecular weight excluding hydrogens is 239 g/mol. The molecule has 2 nitrogen and oxygen atoms in total. The summed E-state index contributed by atoms with van der Waals surface area (Å²) in [6.07, 6.45) is -4.79. The predicted octanol–water partition coefficient (Wildman–Crippen LogP) is 3.11. The number of hydrogen-bond donors (Lipinski definition) is 2. The molecule has 0 radical (unpaired) electrons. The second kappa shape index (κ2) is 3.78. The SMILES string of the molecule is Nc1cc(Cl)cc(S)c1OC(F)(F)F. The van der Waals surface area contributed by atoms with Crippen LogP contribution >= 0.6 is 24.2 Å². The summed E-state index contributed by atoms with van der Waals surface area (Å²) in [7, 11) is 0. The smallest absolute Gasteiger partial charge is 0.402 e. The van der Waals surface area contributed by atoms with Crippen LogP contribution in [0.5, 0.6) is 5.75 Å². The van der Waals surface area contributed by atoms with Gasteiger partial charge >= 0.3 is 6.36 Å². The second-order valence-electron chi connectivity index (χ2n) is 2.39. The van der Waals surface area contributed by atoms with Gasteiger partial charge in [0.05, 0.1) is 10.6 Å². The van der Waals surface area contributed by atoms with Gasteiger partial charge in [0.25, 0.3) is 0 Å². The van der Waals surface area contributed by atoms with E-state index in [4.69, 9.17) is 17.3 Å². The molecule has 0 heterocycles. The first-order valence-corrected chi connectivity index (χ1v) is 4.16. The fraction of sp³-hybridized carbons (Fsp3) is 0.143. The normalized spacial score (nSPS) is 11.5. The van der Waals surface area contributed by atoms with Crippen LogP contribution in [0.15, 0.2) is 17.0 Å². The minimum absolute atomic E-state index is 0.0627. The predicted molar refractivity (Wildman–Crippen MR) is 49.8 cm³/mol. The van der Waals surface area contributed by atoms with E-state index in [1.807, 2.05) is 0 Å². The molecule has 0 atom stereocenters. The van der Waals surface area contributed by atoms with Crippen molar-refractivity contribution in [3.8, 4) is 5.75 Å². The Hall–Kier alpha value is -0.750. The maximum atomic E-state index is 11.9. The van der Waals surface area contributed by atoms with E-state index in [-0.39, 0.29) is 15.6 Å². The van der Waals surface area contributed by atoms with Gasteiger partial charge in [0.1, 0.15) is 0 Å². The molecule has 7 heteroatoms.